The summed E-state index contributed by atoms with van der Waals surface area (Å²) in [6.45, 7) is 4.11. The minimum atomic E-state index is 0.529. The van der Waals surface area contributed by atoms with Gasteiger partial charge in [-0.3, -0.25) is 0 Å². The zero-order valence-corrected chi connectivity index (χ0v) is 9.75. The van der Waals surface area contributed by atoms with Gasteiger partial charge in [0.1, 0.15) is 9.98 Å². The second-order valence-electron chi connectivity index (χ2n) is 3.05. The molecule has 0 bridgehead atoms. The molecule has 0 radical (unpaired) electrons. The Hall–Kier alpha value is -0.870. The summed E-state index contributed by atoms with van der Waals surface area (Å²) < 4.78 is 0. The Labute approximate surface area is 91.1 Å². The average Bonchev–Trinajstić information content (AvgIpc) is 2.43. The summed E-state index contributed by atoms with van der Waals surface area (Å²) in [6, 6.07) is 0. The van der Waals surface area contributed by atoms with Crippen molar-refractivity contribution in [1.29, 1.82) is 0 Å². The molecule has 74 valence electrons. The van der Waals surface area contributed by atoms with E-state index < -0.39 is 0 Å². The van der Waals surface area contributed by atoms with Gasteiger partial charge in [-0.2, -0.15) is 0 Å². The molecular formula is C9H10ClN3S. The Morgan fingerprint density at radius 2 is 2.00 bits per heavy atom. The molecule has 0 fully saturated rings. The normalized spacial score (nSPS) is 10.9. The highest BCUT2D eigenvalue weighted by Crippen LogP contribution is 2.33. The summed E-state index contributed by atoms with van der Waals surface area (Å²) >= 11 is 7.72. The topological polar surface area (TPSA) is 37.8 Å². The highest BCUT2D eigenvalue weighted by Gasteiger charge is 2.12. The number of anilines is 1. The maximum Gasteiger partial charge on any atom is 0.225 e. The Balaban J connectivity index is 2.83. The molecule has 3 nitrogen and oxygen atoms in total. The number of aromatic nitrogens is 2. The van der Waals surface area contributed by atoms with E-state index in [-0.39, 0.29) is 0 Å². The number of fused-ring (bicyclic) bond motifs is 1. The smallest absolute Gasteiger partial charge is 0.225 e. The van der Waals surface area contributed by atoms with E-state index in [9.17, 15) is 0 Å². The molecule has 0 unspecified atom stereocenters. The van der Waals surface area contributed by atoms with Crippen LogP contribution in [-0.2, 0) is 0 Å². The van der Waals surface area contributed by atoms with Crippen LogP contribution in [0.4, 0.5) is 5.95 Å². The number of nitrogens with zero attached hydrogens (tertiary/aromatic N) is 2. The van der Waals surface area contributed by atoms with Crippen molar-refractivity contribution in [3.05, 3.63) is 15.6 Å². The molecule has 0 saturated carbocycles. The number of thiophene rings is 1. The maximum atomic E-state index is 6.08. The van der Waals surface area contributed by atoms with Gasteiger partial charge in [-0.05, 0) is 19.4 Å². The van der Waals surface area contributed by atoms with E-state index in [1.807, 2.05) is 6.92 Å². The minimum Gasteiger partial charge on any atom is -0.357 e. The molecule has 0 spiro atoms. The predicted octanol–water partition coefficient (Wildman–Crippen LogP) is 3.00. The molecular weight excluding hydrogens is 218 g/mol. The van der Waals surface area contributed by atoms with Crippen molar-refractivity contribution in [2.75, 3.05) is 12.4 Å². The summed E-state index contributed by atoms with van der Waals surface area (Å²) in [5.41, 5.74) is 1.18. The predicted molar refractivity (Wildman–Crippen MR) is 61.4 cm³/mol. The molecule has 2 rings (SSSR count). The van der Waals surface area contributed by atoms with Crippen LogP contribution in [0, 0.1) is 13.8 Å². The molecule has 2 aromatic heterocycles. The van der Waals surface area contributed by atoms with Gasteiger partial charge in [-0.15, -0.1) is 11.3 Å². The lowest BCUT2D eigenvalue weighted by Crippen LogP contribution is -1.95. The molecule has 0 atom stereocenters. The number of halogens is 1. The van der Waals surface area contributed by atoms with Crippen LogP contribution < -0.4 is 5.32 Å². The Kier molecular flexibility index (Phi) is 2.33. The van der Waals surface area contributed by atoms with Crippen molar-refractivity contribution < 1.29 is 0 Å². The van der Waals surface area contributed by atoms with Crippen molar-refractivity contribution >= 4 is 39.1 Å². The lowest BCUT2D eigenvalue weighted by atomic mass is 10.2. The molecule has 0 saturated heterocycles. The van der Waals surface area contributed by atoms with E-state index in [1.165, 1.54) is 10.4 Å². The third kappa shape index (κ3) is 1.35. The van der Waals surface area contributed by atoms with E-state index in [0.29, 0.717) is 11.1 Å². The molecule has 0 aromatic carbocycles. The van der Waals surface area contributed by atoms with Gasteiger partial charge in [0, 0.05) is 11.9 Å². The lowest BCUT2D eigenvalue weighted by molar-refractivity contribution is 1.20. The quantitative estimate of drug-likeness (QED) is 0.762. The molecule has 1 N–H and O–H groups in total. The third-order valence-corrected chi connectivity index (χ3v) is 3.58. The molecule has 0 aliphatic heterocycles. The number of nitrogens with one attached hydrogen (secondary N) is 1. The lowest BCUT2D eigenvalue weighted by Gasteiger charge is -1.99. The van der Waals surface area contributed by atoms with Crippen molar-refractivity contribution in [1.82, 2.24) is 9.97 Å². The van der Waals surface area contributed by atoms with Crippen molar-refractivity contribution in [3.8, 4) is 0 Å². The largest absolute Gasteiger partial charge is 0.357 e. The summed E-state index contributed by atoms with van der Waals surface area (Å²) in [4.78, 5) is 10.7. The summed E-state index contributed by atoms with van der Waals surface area (Å²) in [5, 5.41) is 4.40. The van der Waals surface area contributed by atoms with Crippen LogP contribution in [-0.4, -0.2) is 17.0 Å². The van der Waals surface area contributed by atoms with Gasteiger partial charge in [0.15, 0.2) is 0 Å². The standard InChI is InChI=1S/C9H10ClN3S/c1-4-5(2)14-8-6(4)7(10)12-9(11-3)13-8/h1-3H3,(H,11,12,13). The van der Waals surface area contributed by atoms with Crippen LogP contribution in [0.2, 0.25) is 5.15 Å². The van der Waals surface area contributed by atoms with Crippen LogP contribution in [0.1, 0.15) is 10.4 Å². The zero-order valence-electron chi connectivity index (χ0n) is 8.18. The third-order valence-electron chi connectivity index (χ3n) is 2.21. The highest BCUT2D eigenvalue weighted by molar-refractivity contribution is 7.18. The van der Waals surface area contributed by atoms with Gasteiger partial charge in [0.2, 0.25) is 5.95 Å². The average molecular weight is 228 g/mol. The fraction of sp³-hybridized carbons (Fsp3) is 0.333. The van der Waals surface area contributed by atoms with Crippen LogP contribution in [0.15, 0.2) is 0 Å². The van der Waals surface area contributed by atoms with E-state index in [2.05, 4.69) is 22.2 Å². The van der Waals surface area contributed by atoms with Crippen LogP contribution in [0.3, 0.4) is 0 Å². The van der Waals surface area contributed by atoms with E-state index in [4.69, 9.17) is 11.6 Å². The molecule has 0 aliphatic carbocycles. The SMILES string of the molecule is CNc1nc(Cl)c2c(C)c(C)sc2n1. The highest BCUT2D eigenvalue weighted by atomic mass is 35.5. The molecule has 0 amide bonds. The van der Waals surface area contributed by atoms with Gasteiger partial charge >= 0.3 is 0 Å². The zero-order chi connectivity index (χ0) is 10.3. The summed E-state index contributed by atoms with van der Waals surface area (Å²) in [7, 11) is 1.78. The van der Waals surface area contributed by atoms with Gasteiger partial charge in [0.25, 0.3) is 0 Å². The van der Waals surface area contributed by atoms with Crippen molar-refractivity contribution in [2.24, 2.45) is 0 Å². The van der Waals surface area contributed by atoms with Crippen LogP contribution in [0.5, 0.6) is 0 Å². The number of rotatable bonds is 1. The van der Waals surface area contributed by atoms with Gasteiger partial charge in [-0.25, -0.2) is 9.97 Å². The first-order chi connectivity index (χ1) is 6.63. The second kappa shape index (κ2) is 3.37. The first kappa shape index (κ1) is 9.68. The molecule has 0 aliphatic rings. The van der Waals surface area contributed by atoms with E-state index in [0.717, 1.165) is 10.2 Å². The number of hydrogen-bond acceptors (Lipinski definition) is 4. The summed E-state index contributed by atoms with van der Waals surface area (Å²) in [5.74, 6) is 0.573. The Morgan fingerprint density at radius 3 is 2.64 bits per heavy atom. The number of aryl methyl sites for hydroxylation is 2. The molecule has 14 heavy (non-hydrogen) atoms. The van der Waals surface area contributed by atoms with Gasteiger partial charge < -0.3 is 5.32 Å². The van der Waals surface area contributed by atoms with Crippen LogP contribution >= 0.6 is 22.9 Å². The fourth-order valence-corrected chi connectivity index (χ4v) is 2.71. The Morgan fingerprint density at radius 1 is 1.29 bits per heavy atom. The van der Waals surface area contributed by atoms with Crippen molar-refractivity contribution in [3.63, 3.8) is 0 Å². The van der Waals surface area contributed by atoms with E-state index in [1.54, 1.807) is 18.4 Å². The second-order valence-corrected chi connectivity index (χ2v) is 4.61. The van der Waals surface area contributed by atoms with Crippen molar-refractivity contribution in [2.45, 2.75) is 13.8 Å². The number of hydrogen-bond donors (Lipinski definition) is 1. The monoisotopic (exact) mass is 227 g/mol. The molecule has 2 aromatic rings. The van der Waals surface area contributed by atoms with Gasteiger partial charge in [-0.1, -0.05) is 11.6 Å². The first-order valence-electron chi connectivity index (χ1n) is 4.24. The molecule has 5 heteroatoms. The maximum absolute atomic E-state index is 6.08. The fourth-order valence-electron chi connectivity index (χ4n) is 1.31. The molecule has 2 heterocycles. The Bertz CT molecular complexity index is 492. The van der Waals surface area contributed by atoms with Gasteiger partial charge in [0.05, 0.1) is 5.39 Å². The first-order valence-corrected chi connectivity index (χ1v) is 5.44. The van der Waals surface area contributed by atoms with Crippen LogP contribution in [0.25, 0.3) is 10.2 Å². The van der Waals surface area contributed by atoms with E-state index >= 15 is 0 Å². The minimum absolute atomic E-state index is 0.529. The summed E-state index contributed by atoms with van der Waals surface area (Å²) in [6.07, 6.45) is 0.